The Bertz CT molecular complexity index is 491. The summed E-state index contributed by atoms with van der Waals surface area (Å²) in [5, 5.41) is 19.2. The Morgan fingerprint density at radius 1 is 1.39 bits per heavy atom. The van der Waals surface area contributed by atoms with Gasteiger partial charge in [0, 0.05) is 17.8 Å². The van der Waals surface area contributed by atoms with E-state index in [1.165, 1.54) is 6.07 Å². The topological polar surface area (TPSA) is 117 Å². The van der Waals surface area contributed by atoms with E-state index < -0.39 is 36.3 Å². The van der Waals surface area contributed by atoms with Crippen molar-refractivity contribution in [3.05, 3.63) is 29.8 Å². The number of carboxylic acid groups (broad SMARTS) is 2. The molecule has 8 heteroatoms. The van der Waals surface area contributed by atoms with E-state index in [1.807, 2.05) is 5.32 Å². The summed E-state index contributed by atoms with van der Waals surface area (Å²) in [5.74, 6) is -4.64. The van der Waals surface area contributed by atoms with Gasteiger partial charge in [-0.05, 0) is 6.07 Å². The van der Waals surface area contributed by atoms with Crippen molar-refractivity contribution < 1.29 is 29.0 Å². The maximum absolute atomic E-state index is 12.7. The van der Waals surface area contributed by atoms with E-state index in [2.05, 4.69) is 4.98 Å². The van der Waals surface area contributed by atoms with Gasteiger partial charge < -0.3 is 15.5 Å². The molecule has 0 spiro atoms. The van der Waals surface area contributed by atoms with Crippen LogP contribution in [0.1, 0.15) is 16.8 Å². The number of hydrogen-bond acceptors (Lipinski definition) is 4. The summed E-state index contributed by atoms with van der Waals surface area (Å²) in [4.78, 5) is 35.9. The normalized spacial score (nSPS) is 11.6. The number of nitrogens with zero attached hydrogens (tertiary/aromatic N) is 1. The molecule has 96 valence electrons. The Labute approximate surface area is 100 Å². The molecule has 7 nitrogen and oxygen atoms in total. The zero-order valence-corrected chi connectivity index (χ0v) is 8.96. The maximum Gasteiger partial charge on any atom is 0.326 e. The number of halogens is 1. The first kappa shape index (κ1) is 13.6. The van der Waals surface area contributed by atoms with Gasteiger partial charge in [-0.25, -0.2) is 9.78 Å². The number of amides is 1. The lowest BCUT2D eigenvalue weighted by Gasteiger charge is -2.12. The van der Waals surface area contributed by atoms with Crippen molar-refractivity contribution in [1.82, 2.24) is 10.3 Å². The SMILES string of the molecule is O=C(O)C[C@H](NC(=O)c1ccnc(F)c1)C(=O)O. The summed E-state index contributed by atoms with van der Waals surface area (Å²) < 4.78 is 12.7. The van der Waals surface area contributed by atoms with Crippen LogP contribution in [-0.4, -0.2) is 39.1 Å². The number of pyridine rings is 1. The summed E-state index contributed by atoms with van der Waals surface area (Å²) in [5.41, 5.74) is -0.140. The van der Waals surface area contributed by atoms with Gasteiger partial charge in [-0.2, -0.15) is 4.39 Å². The molecule has 0 saturated carbocycles. The minimum atomic E-state index is -1.58. The summed E-state index contributed by atoms with van der Waals surface area (Å²) in [6.45, 7) is 0. The number of aromatic nitrogens is 1. The molecule has 1 aromatic rings. The molecule has 0 aliphatic rings. The molecule has 1 atom stereocenters. The third kappa shape index (κ3) is 3.81. The number of carbonyl (C=O) groups is 3. The Morgan fingerprint density at radius 2 is 2.06 bits per heavy atom. The first-order valence-electron chi connectivity index (χ1n) is 4.77. The standard InChI is InChI=1S/C10H9FN2O5/c11-7-3-5(1-2-12-7)9(16)13-6(10(17)18)4-8(14)15/h1-3,6H,4H2,(H,13,16)(H,14,15)(H,17,18)/t6-/m0/s1. The molecule has 0 bridgehead atoms. The van der Waals surface area contributed by atoms with Gasteiger partial charge in [-0.15, -0.1) is 0 Å². The van der Waals surface area contributed by atoms with Crippen LogP contribution in [-0.2, 0) is 9.59 Å². The predicted molar refractivity (Wildman–Crippen MR) is 55.3 cm³/mol. The van der Waals surface area contributed by atoms with Gasteiger partial charge in [0.25, 0.3) is 5.91 Å². The monoisotopic (exact) mass is 256 g/mol. The van der Waals surface area contributed by atoms with Gasteiger partial charge in [0.05, 0.1) is 6.42 Å². The Morgan fingerprint density at radius 3 is 2.56 bits per heavy atom. The lowest BCUT2D eigenvalue weighted by molar-refractivity contribution is -0.145. The zero-order valence-electron chi connectivity index (χ0n) is 8.96. The van der Waals surface area contributed by atoms with Crippen LogP contribution in [0.3, 0.4) is 0 Å². The van der Waals surface area contributed by atoms with Gasteiger partial charge in [-0.1, -0.05) is 0 Å². The molecule has 0 saturated heterocycles. The van der Waals surface area contributed by atoms with Crippen LogP contribution in [0.15, 0.2) is 18.3 Å². The molecule has 1 heterocycles. The number of hydrogen-bond donors (Lipinski definition) is 3. The minimum absolute atomic E-state index is 0.140. The maximum atomic E-state index is 12.7. The molecule has 3 N–H and O–H groups in total. The van der Waals surface area contributed by atoms with E-state index in [0.29, 0.717) is 0 Å². The molecule has 18 heavy (non-hydrogen) atoms. The Kier molecular flexibility index (Phi) is 4.30. The van der Waals surface area contributed by atoms with E-state index in [0.717, 1.165) is 12.3 Å². The van der Waals surface area contributed by atoms with Crippen molar-refractivity contribution >= 4 is 17.8 Å². The van der Waals surface area contributed by atoms with Crippen LogP contribution in [0.5, 0.6) is 0 Å². The molecule has 0 aliphatic heterocycles. The zero-order chi connectivity index (χ0) is 13.7. The van der Waals surface area contributed by atoms with Crippen LogP contribution < -0.4 is 5.32 Å². The average Bonchev–Trinajstić information content (AvgIpc) is 2.27. The highest BCUT2D eigenvalue weighted by Gasteiger charge is 2.23. The highest BCUT2D eigenvalue weighted by atomic mass is 19.1. The van der Waals surface area contributed by atoms with E-state index in [9.17, 15) is 18.8 Å². The molecule has 0 fully saturated rings. The highest BCUT2D eigenvalue weighted by molar-refractivity contribution is 5.97. The third-order valence-electron chi connectivity index (χ3n) is 1.97. The first-order chi connectivity index (χ1) is 8.40. The number of carbonyl (C=O) groups excluding carboxylic acids is 1. The van der Waals surface area contributed by atoms with Crippen LogP contribution >= 0.6 is 0 Å². The van der Waals surface area contributed by atoms with Gasteiger partial charge in [0.15, 0.2) is 0 Å². The molecule has 0 aromatic carbocycles. The van der Waals surface area contributed by atoms with Gasteiger partial charge >= 0.3 is 11.9 Å². The number of nitrogens with one attached hydrogen (secondary N) is 1. The molecular weight excluding hydrogens is 247 g/mol. The third-order valence-corrected chi connectivity index (χ3v) is 1.97. The van der Waals surface area contributed by atoms with Crippen molar-refractivity contribution in [2.24, 2.45) is 0 Å². The van der Waals surface area contributed by atoms with Crippen LogP contribution in [0.25, 0.3) is 0 Å². The van der Waals surface area contributed by atoms with Crippen LogP contribution in [0.4, 0.5) is 4.39 Å². The highest BCUT2D eigenvalue weighted by Crippen LogP contribution is 2.02. The number of carboxylic acids is 2. The fraction of sp³-hybridized carbons (Fsp3) is 0.200. The lowest BCUT2D eigenvalue weighted by Crippen LogP contribution is -2.42. The number of rotatable bonds is 5. The second kappa shape index (κ2) is 5.71. The van der Waals surface area contributed by atoms with Gasteiger partial charge in [0.2, 0.25) is 5.95 Å². The Hall–Kier alpha value is -2.51. The van der Waals surface area contributed by atoms with Gasteiger partial charge in [0.1, 0.15) is 6.04 Å². The van der Waals surface area contributed by atoms with Crippen LogP contribution in [0, 0.1) is 5.95 Å². The van der Waals surface area contributed by atoms with E-state index in [1.54, 1.807) is 0 Å². The second-order valence-electron chi connectivity index (χ2n) is 3.33. The summed E-state index contributed by atoms with van der Waals surface area (Å²) >= 11 is 0. The summed E-state index contributed by atoms with van der Waals surface area (Å²) in [6.07, 6.45) is 0.270. The Balaban J connectivity index is 2.78. The smallest absolute Gasteiger partial charge is 0.326 e. The molecule has 1 rings (SSSR count). The molecule has 1 amide bonds. The molecule has 1 aromatic heterocycles. The average molecular weight is 256 g/mol. The molecule has 0 aliphatic carbocycles. The van der Waals surface area contributed by atoms with Crippen molar-refractivity contribution in [2.75, 3.05) is 0 Å². The molecular formula is C10H9FN2O5. The van der Waals surface area contributed by atoms with Crippen molar-refractivity contribution in [3.8, 4) is 0 Å². The second-order valence-corrected chi connectivity index (χ2v) is 3.33. The lowest BCUT2D eigenvalue weighted by atomic mass is 10.2. The van der Waals surface area contributed by atoms with Gasteiger partial charge in [-0.3, -0.25) is 9.59 Å². The predicted octanol–water partition coefficient (Wildman–Crippen LogP) is -0.122. The van der Waals surface area contributed by atoms with Crippen LogP contribution in [0.2, 0.25) is 0 Å². The van der Waals surface area contributed by atoms with Crippen molar-refractivity contribution in [1.29, 1.82) is 0 Å². The minimum Gasteiger partial charge on any atom is -0.481 e. The van der Waals surface area contributed by atoms with E-state index >= 15 is 0 Å². The fourth-order valence-electron chi connectivity index (χ4n) is 1.16. The largest absolute Gasteiger partial charge is 0.481 e. The molecule has 0 radical (unpaired) electrons. The van der Waals surface area contributed by atoms with Crippen molar-refractivity contribution in [3.63, 3.8) is 0 Å². The summed E-state index contributed by atoms with van der Waals surface area (Å²) in [7, 11) is 0. The fourth-order valence-corrected chi connectivity index (χ4v) is 1.16. The summed E-state index contributed by atoms with van der Waals surface area (Å²) in [6, 6.07) is 0.416. The first-order valence-corrected chi connectivity index (χ1v) is 4.77. The van der Waals surface area contributed by atoms with Crippen molar-refractivity contribution in [2.45, 2.75) is 12.5 Å². The van der Waals surface area contributed by atoms with E-state index in [-0.39, 0.29) is 5.56 Å². The quantitative estimate of drug-likeness (QED) is 0.632. The number of aliphatic carboxylic acids is 2. The molecule has 0 unspecified atom stereocenters. The van der Waals surface area contributed by atoms with E-state index in [4.69, 9.17) is 10.2 Å².